The Morgan fingerprint density at radius 3 is 2.13 bits per heavy atom. The van der Waals surface area contributed by atoms with E-state index < -0.39 is 13.3 Å². The van der Waals surface area contributed by atoms with Gasteiger partial charge in [0.25, 0.3) is 0 Å². The topological polar surface area (TPSA) is 20.2 Å². The molecule has 0 saturated heterocycles. The quantitative estimate of drug-likeness (QED) is 0.567. The first-order valence-electron chi connectivity index (χ1n) is 5.13. The van der Waals surface area contributed by atoms with Crippen LogP contribution < -0.4 is 0 Å². The summed E-state index contributed by atoms with van der Waals surface area (Å²) >= 11 is 0. The van der Waals surface area contributed by atoms with E-state index in [9.17, 15) is 5.11 Å². The van der Waals surface area contributed by atoms with Gasteiger partial charge in [0, 0.05) is 5.56 Å². The summed E-state index contributed by atoms with van der Waals surface area (Å²) in [6, 6.07) is 9.77. The van der Waals surface area contributed by atoms with Gasteiger partial charge in [0.2, 0.25) is 0 Å². The van der Waals surface area contributed by atoms with Gasteiger partial charge in [-0.2, -0.15) is 0 Å². The Morgan fingerprint density at radius 1 is 1.13 bits per heavy atom. The van der Waals surface area contributed by atoms with Crippen molar-refractivity contribution >= 4 is 8.07 Å². The monoisotopic (exact) mass is 218 g/mol. The van der Waals surface area contributed by atoms with E-state index in [1.54, 1.807) is 0 Å². The van der Waals surface area contributed by atoms with Gasteiger partial charge in [-0.15, -0.1) is 0 Å². The van der Waals surface area contributed by atoms with E-state index in [0.717, 1.165) is 5.56 Å². The van der Waals surface area contributed by atoms with Gasteiger partial charge in [0.1, 0.15) is 5.22 Å². The average molecular weight is 218 g/mol. The Hall–Kier alpha value is -1.04. The zero-order valence-corrected chi connectivity index (χ0v) is 10.8. The summed E-state index contributed by atoms with van der Waals surface area (Å²) in [6.45, 7) is 8.17. The highest BCUT2D eigenvalue weighted by Crippen LogP contribution is 2.19. The molecule has 0 fully saturated rings. The largest absolute Gasteiger partial charge is 0.381 e. The Bertz CT molecular complexity index is 376. The molecule has 15 heavy (non-hydrogen) atoms. The molecule has 0 amide bonds. The molecule has 80 valence electrons. The van der Waals surface area contributed by atoms with Crippen molar-refractivity contribution in [3.05, 3.63) is 35.9 Å². The molecule has 2 heteroatoms. The maximum atomic E-state index is 10.2. The first kappa shape index (κ1) is 12.0. The number of rotatable bonds is 1. The normalized spacial score (nSPS) is 15.0. The van der Waals surface area contributed by atoms with Crippen LogP contribution >= 0.6 is 0 Å². The predicted molar refractivity (Wildman–Crippen MR) is 67.3 cm³/mol. The third kappa shape index (κ3) is 3.23. The minimum atomic E-state index is -1.66. The number of aliphatic hydroxyl groups is 1. The lowest BCUT2D eigenvalue weighted by Gasteiger charge is -2.30. The molecule has 1 nitrogen and oxygen atoms in total. The van der Waals surface area contributed by atoms with Crippen LogP contribution in [0, 0.1) is 11.8 Å². The van der Waals surface area contributed by atoms with Gasteiger partial charge in [0.05, 0.1) is 8.07 Å². The van der Waals surface area contributed by atoms with Gasteiger partial charge in [-0.05, 0) is 19.1 Å². The second-order valence-corrected chi connectivity index (χ2v) is 10.4. The van der Waals surface area contributed by atoms with Crippen LogP contribution in [0.5, 0.6) is 0 Å². The van der Waals surface area contributed by atoms with Gasteiger partial charge in [-0.1, -0.05) is 49.7 Å². The molecule has 0 heterocycles. The number of hydrogen-bond acceptors (Lipinski definition) is 1. The highest BCUT2D eigenvalue weighted by Gasteiger charge is 2.35. The van der Waals surface area contributed by atoms with Crippen molar-refractivity contribution in [3.8, 4) is 11.8 Å². The van der Waals surface area contributed by atoms with Gasteiger partial charge in [-0.3, -0.25) is 0 Å². The zero-order chi connectivity index (χ0) is 11.5. The summed E-state index contributed by atoms with van der Waals surface area (Å²) in [4.78, 5) is 0. The Kier molecular flexibility index (Phi) is 3.38. The Labute approximate surface area is 93.2 Å². The van der Waals surface area contributed by atoms with E-state index in [2.05, 4.69) is 31.5 Å². The smallest absolute Gasteiger partial charge is 0.109 e. The summed E-state index contributed by atoms with van der Waals surface area (Å²) in [5, 5.41) is 9.37. The van der Waals surface area contributed by atoms with E-state index in [1.807, 2.05) is 37.3 Å². The minimum Gasteiger partial charge on any atom is -0.381 e. The van der Waals surface area contributed by atoms with Crippen LogP contribution in [0.25, 0.3) is 0 Å². The zero-order valence-electron chi connectivity index (χ0n) is 9.83. The van der Waals surface area contributed by atoms with Crippen LogP contribution in [0.15, 0.2) is 30.3 Å². The molecule has 0 radical (unpaired) electrons. The molecular formula is C13H18OSi. The molecule has 0 unspecified atom stereocenters. The molecule has 0 aromatic heterocycles. The predicted octanol–water partition coefficient (Wildman–Crippen LogP) is 2.67. The average Bonchev–Trinajstić information content (AvgIpc) is 2.15. The summed E-state index contributed by atoms with van der Waals surface area (Å²) in [5.41, 5.74) is 0.955. The van der Waals surface area contributed by atoms with Crippen molar-refractivity contribution in [2.24, 2.45) is 0 Å². The van der Waals surface area contributed by atoms with Crippen molar-refractivity contribution in [1.82, 2.24) is 0 Å². The molecule has 0 aliphatic rings. The second-order valence-electron chi connectivity index (χ2n) is 4.94. The van der Waals surface area contributed by atoms with Gasteiger partial charge < -0.3 is 5.11 Å². The second kappa shape index (κ2) is 4.22. The highest BCUT2D eigenvalue weighted by atomic mass is 28.3. The Balaban J connectivity index is 2.92. The molecule has 1 atom stereocenters. The fourth-order valence-corrected chi connectivity index (χ4v) is 1.34. The minimum absolute atomic E-state index is 0.831. The molecule has 0 spiro atoms. The molecule has 1 aromatic rings. The maximum absolute atomic E-state index is 10.2. The molecular weight excluding hydrogens is 200 g/mol. The molecule has 1 rings (SSSR count). The van der Waals surface area contributed by atoms with Crippen LogP contribution in [-0.4, -0.2) is 18.4 Å². The molecule has 0 aliphatic heterocycles. The number of benzene rings is 1. The lowest BCUT2D eigenvalue weighted by atomic mass is 10.2. The highest BCUT2D eigenvalue weighted by molar-refractivity contribution is 6.79. The van der Waals surface area contributed by atoms with Crippen molar-refractivity contribution < 1.29 is 5.11 Å². The molecule has 1 N–H and O–H groups in total. The van der Waals surface area contributed by atoms with E-state index >= 15 is 0 Å². The van der Waals surface area contributed by atoms with Gasteiger partial charge in [-0.25, -0.2) is 0 Å². The summed E-state index contributed by atoms with van der Waals surface area (Å²) in [6.07, 6.45) is 0. The van der Waals surface area contributed by atoms with Crippen LogP contribution in [0.4, 0.5) is 0 Å². The number of hydrogen-bond donors (Lipinski definition) is 1. The van der Waals surface area contributed by atoms with E-state index in [-0.39, 0.29) is 0 Å². The molecule has 0 bridgehead atoms. The fourth-order valence-electron chi connectivity index (χ4n) is 0.903. The standard InChI is InChI=1S/C13H18OSi/c1-13(14,15(2,3)4)11-10-12-8-6-5-7-9-12/h5-9,14H,1-4H3/t13-/m1/s1. The van der Waals surface area contributed by atoms with Gasteiger partial charge >= 0.3 is 0 Å². The van der Waals surface area contributed by atoms with Crippen molar-refractivity contribution in [1.29, 1.82) is 0 Å². The summed E-state index contributed by atoms with van der Waals surface area (Å²) < 4.78 is 0. The first-order valence-corrected chi connectivity index (χ1v) is 8.63. The lowest BCUT2D eigenvalue weighted by molar-refractivity contribution is 0.197. The van der Waals surface area contributed by atoms with Crippen LogP contribution in [-0.2, 0) is 0 Å². The molecule has 0 aliphatic carbocycles. The third-order valence-electron chi connectivity index (χ3n) is 2.68. The third-order valence-corrected chi connectivity index (χ3v) is 5.73. The van der Waals surface area contributed by atoms with Gasteiger partial charge in [0.15, 0.2) is 0 Å². The lowest BCUT2D eigenvalue weighted by Crippen LogP contribution is -2.48. The summed E-state index contributed by atoms with van der Waals surface area (Å²) in [7, 11) is -1.66. The van der Waals surface area contributed by atoms with Crippen molar-refractivity contribution in [2.45, 2.75) is 31.8 Å². The van der Waals surface area contributed by atoms with E-state index in [0.29, 0.717) is 0 Å². The first-order chi connectivity index (χ1) is 6.83. The van der Waals surface area contributed by atoms with Crippen LogP contribution in [0.2, 0.25) is 19.6 Å². The fraction of sp³-hybridized carbons (Fsp3) is 0.385. The maximum Gasteiger partial charge on any atom is 0.109 e. The SMILES string of the molecule is C[C@](O)(C#Cc1ccccc1)[Si](C)(C)C. The van der Waals surface area contributed by atoms with Crippen LogP contribution in [0.3, 0.4) is 0 Å². The van der Waals surface area contributed by atoms with Crippen LogP contribution in [0.1, 0.15) is 12.5 Å². The van der Waals surface area contributed by atoms with E-state index in [4.69, 9.17) is 0 Å². The van der Waals surface area contributed by atoms with E-state index in [1.165, 1.54) is 0 Å². The molecule has 0 saturated carbocycles. The molecule has 1 aromatic carbocycles. The summed E-state index contributed by atoms with van der Waals surface area (Å²) in [5.74, 6) is 6.01. The van der Waals surface area contributed by atoms with Crippen molar-refractivity contribution in [3.63, 3.8) is 0 Å². The van der Waals surface area contributed by atoms with Crippen molar-refractivity contribution in [2.75, 3.05) is 0 Å². The Morgan fingerprint density at radius 2 is 1.67 bits per heavy atom.